The summed E-state index contributed by atoms with van der Waals surface area (Å²) in [5.41, 5.74) is -0.200. The number of aromatic nitrogens is 3. The molecular formula is C21H19FN4O4S. The highest BCUT2D eigenvalue weighted by atomic mass is 32.2. The van der Waals surface area contributed by atoms with Crippen LogP contribution in [0.25, 0.3) is 22.6 Å². The number of halogens is 1. The summed E-state index contributed by atoms with van der Waals surface area (Å²) in [4.78, 5) is 17.1. The number of fused-ring (bicyclic) bond motifs is 4. The molecule has 0 unspecified atom stereocenters. The Bertz CT molecular complexity index is 1350. The predicted octanol–water partition coefficient (Wildman–Crippen LogP) is 2.41. The molecule has 5 rings (SSSR count). The van der Waals surface area contributed by atoms with Crippen LogP contribution in [-0.4, -0.2) is 41.8 Å². The molecule has 1 aromatic heterocycles. The number of benzene rings is 2. The Labute approximate surface area is 177 Å². The fraction of sp³-hybridized carbons (Fsp3) is 0.286. The zero-order chi connectivity index (χ0) is 21.8. The summed E-state index contributed by atoms with van der Waals surface area (Å²) in [6, 6.07) is 10.9. The van der Waals surface area contributed by atoms with Gasteiger partial charge in [-0.05, 0) is 55.3 Å². The minimum Gasteiger partial charge on any atom is -0.497 e. The summed E-state index contributed by atoms with van der Waals surface area (Å²) in [7, 11) is -1.84. The Hall–Kier alpha value is -3.27. The molecule has 1 N–H and O–H groups in total. The van der Waals surface area contributed by atoms with Gasteiger partial charge < -0.3 is 10.1 Å². The molecule has 0 radical (unpaired) electrons. The van der Waals surface area contributed by atoms with Gasteiger partial charge in [-0.2, -0.15) is 10.1 Å². The number of rotatable bonds is 2. The van der Waals surface area contributed by atoms with Gasteiger partial charge in [-0.25, -0.2) is 17.5 Å². The van der Waals surface area contributed by atoms with Crippen molar-refractivity contribution in [1.82, 2.24) is 14.8 Å². The van der Waals surface area contributed by atoms with E-state index in [0.29, 0.717) is 35.4 Å². The van der Waals surface area contributed by atoms with Gasteiger partial charge in [-0.15, -0.1) is 0 Å². The molecule has 1 atom stereocenters. The molecule has 31 heavy (non-hydrogen) atoms. The number of hydrogen-bond donors (Lipinski definition) is 1. The SMILES string of the molecule is COc1ccc(-c2nn3c(nc2=O)-c2ccc(F)cc2N[C@]32CCCS(=O)(=O)C2)cc1. The molecule has 10 heteroatoms. The summed E-state index contributed by atoms with van der Waals surface area (Å²) in [5.74, 6) is 0.206. The van der Waals surface area contributed by atoms with E-state index in [2.05, 4.69) is 15.4 Å². The second-order valence-electron chi connectivity index (χ2n) is 7.77. The van der Waals surface area contributed by atoms with Crippen LogP contribution in [-0.2, 0) is 15.5 Å². The molecule has 2 aliphatic heterocycles. The molecule has 0 bridgehead atoms. The Morgan fingerprint density at radius 1 is 1.19 bits per heavy atom. The lowest BCUT2D eigenvalue weighted by molar-refractivity contribution is 0.290. The number of methoxy groups -OCH3 is 1. The van der Waals surface area contributed by atoms with Crippen molar-refractivity contribution in [2.24, 2.45) is 0 Å². The maximum Gasteiger partial charge on any atom is 0.300 e. The van der Waals surface area contributed by atoms with E-state index in [1.807, 2.05) is 0 Å². The van der Waals surface area contributed by atoms with Gasteiger partial charge in [0.25, 0.3) is 5.56 Å². The van der Waals surface area contributed by atoms with Crippen molar-refractivity contribution in [2.45, 2.75) is 18.5 Å². The van der Waals surface area contributed by atoms with Gasteiger partial charge in [0.05, 0.1) is 18.6 Å². The average molecular weight is 442 g/mol. The number of sulfone groups is 1. The maximum atomic E-state index is 13.9. The molecular weight excluding hydrogens is 423 g/mol. The van der Waals surface area contributed by atoms with Gasteiger partial charge in [0, 0.05) is 16.8 Å². The molecule has 1 spiro atoms. The quantitative estimate of drug-likeness (QED) is 0.650. The molecule has 0 aliphatic carbocycles. The summed E-state index contributed by atoms with van der Waals surface area (Å²) in [6.45, 7) is 0. The monoisotopic (exact) mass is 442 g/mol. The van der Waals surface area contributed by atoms with E-state index < -0.39 is 26.9 Å². The van der Waals surface area contributed by atoms with Crippen LogP contribution in [0.5, 0.6) is 5.75 Å². The van der Waals surface area contributed by atoms with E-state index in [4.69, 9.17) is 4.74 Å². The largest absolute Gasteiger partial charge is 0.497 e. The van der Waals surface area contributed by atoms with Crippen molar-refractivity contribution in [3.8, 4) is 28.4 Å². The predicted molar refractivity (Wildman–Crippen MR) is 113 cm³/mol. The normalized spacial score (nSPS) is 21.1. The fourth-order valence-corrected chi connectivity index (χ4v) is 6.06. The van der Waals surface area contributed by atoms with Crippen LogP contribution in [0.1, 0.15) is 12.8 Å². The molecule has 1 fully saturated rings. The number of nitrogens with zero attached hydrogens (tertiary/aromatic N) is 3. The van der Waals surface area contributed by atoms with Gasteiger partial charge in [-0.1, -0.05) is 0 Å². The van der Waals surface area contributed by atoms with Crippen molar-refractivity contribution < 1.29 is 17.5 Å². The van der Waals surface area contributed by atoms with Crippen molar-refractivity contribution in [3.05, 3.63) is 58.6 Å². The molecule has 160 valence electrons. The summed E-state index contributed by atoms with van der Waals surface area (Å²) in [5, 5.41) is 7.78. The lowest BCUT2D eigenvalue weighted by Gasteiger charge is -2.43. The van der Waals surface area contributed by atoms with Gasteiger partial charge >= 0.3 is 0 Å². The summed E-state index contributed by atoms with van der Waals surface area (Å²) >= 11 is 0. The highest BCUT2D eigenvalue weighted by Gasteiger charge is 2.46. The fourth-order valence-electron chi connectivity index (χ4n) is 4.27. The first-order valence-corrected chi connectivity index (χ1v) is 11.6. The third-order valence-electron chi connectivity index (χ3n) is 5.67. The second-order valence-corrected chi connectivity index (χ2v) is 9.96. The number of ether oxygens (including phenoxy) is 1. The van der Waals surface area contributed by atoms with Gasteiger partial charge in [0.2, 0.25) is 0 Å². The zero-order valence-corrected chi connectivity index (χ0v) is 17.4. The van der Waals surface area contributed by atoms with E-state index in [9.17, 15) is 17.6 Å². The van der Waals surface area contributed by atoms with Crippen molar-refractivity contribution >= 4 is 15.5 Å². The van der Waals surface area contributed by atoms with Crippen LogP contribution >= 0.6 is 0 Å². The number of hydrogen-bond acceptors (Lipinski definition) is 7. The third-order valence-corrected chi connectivity index (χ3v) is 7.50. The highest BCUT2D eigenvalue weighted by molar-refractivity contribution is 7.91. The van der Waals surface area contributed by atoms with E-state index in [1.165, 1.54) is 22.9 Å². The molecule has 0 saturated carbocycles. The lowest BCUT2D eigenvalue weighted by atomic mass is 9.99. The summed E-state index contributed by atoms with van der Waals surface area (Å²) < 4.78 is 45.7. The van der Waals surface area contributed by atoms with E-state index >= 15 is 0 Å². The average Bonchev–Trinajstić information content (AvgIpc) is 2.72. The van der Waals surface area contributed by atoms with Crippen LogP contribution in [0.2, 0.25) is 0 Å². The number of nitrogens with one attached hydrogen (secondary N) is 1. The molecule has 3 aromatic rings. The van der Waals surface area contributed by atoms with Gasteiger partial charge in [0.1, 0.15) is 17.2 Å². The van der Waals surface area contributed by atoms with E-state index in [-0.39, 0.29) is 23.0 Å². The third kappa shape index (κ3) is 3.27. The molecule has 2 aliphatic rings. The molecule has 2 aromatic carbocycles. The number of anilines is 1. The zero-order valence-electron chi connectivity index (χ0n) is 16.6. The Morgan fingerprint density at radius 3 is 2.68 bits per heavy atom. The topological polar surface area (TPSA) is 103 Å². The van der Waals surface area contributed by atoms with Gasteiger partial charge in [0.15, 0.2) is 21.4 Å². The van der Waals surface area contributed by atoms with Crippen LogP contribution in [0.15, 0.2) is 47.3 Å². The second kappa shape index (κ2) is 6.88. The van der Waals surface area contributed by atoms with Crippen molar-refractivity contribution in [2.75, 3.05) is 23.9 Å². The van der Waals surface area contributed by atoms with Gasteiger partial charge in [-0.3, -0.25) is 4.79 Å². The van der Waals surface area contributed by atoms with Crippen molar-refractivity contribution in [1.29, 1.82) is 0 Å². The van der Waals surface area contributed by atoms with E-state index in [1.54, 1.807) is 31.4 Å². The maximum absolute atomic E-state index is 13.9. The Morgan fingerprint density at radius 2 is 1.97 bits per heavy atom. The lowest BCUT2D eigenvalue weighted by Crippen LogP contribution is -2.54. The Kier molecular flexibility index (Phi) is 4.37. The minimum absolute atomic E-state index is 0.0702. The molecule has 3 heterocycles. The first kappa shape index (κ1) is 19.7. The first-order chi connectivity index (χ1) is 14.8. The van der Waals surface area contributed by atoms with Crippen LogP contribution in [0, 0.1) is 5.82 Å². The smallest absolute Gasteiger partial charge is 0.300 e. The van der Waals surface area contributed by atoms with Crippen LogP contribution in [0.3, 0.4) is 0 Å². The first-order valence-electron chi connectivity index (χ1n) is 9.75. The highest BCUT2D eigenvalue weighted by Crippen LogP contribution is 2.41. The summed E-state index contributed by atoms with van der Waals surface area (Å²) in [6.07, 6.45) is 0.847. The molecule has 8 nitrogen and oxygen atoms in total. The standard InChI is InChI=1S/C21H19FN4O4S/c1-30-15-6-3-13(4-7-15)18-20(27)23-19-16-8-5-14(22)11-17(16)24-21(26(19)25-18)9-2-10-31(28,29)12-21/h3-8,11,24H,2,9-10,12H2,1H3/t21-/m1/s1. The molecule has 1 saturated heterocycles. The van der Waals surface area contributed by atoms with E-state index in [0.717, 1.165) is 0 Å². The van der Waals surface area contributed by atoms with Crippen LogP contribution < -0.4 is 15.6 Å². The van der Waals surface area contributed by atoms with Crippen molar-refractivity contribution in [3.63, 3.8) is 0 Å². The Balaban J connectivity index is 1.76. The minimum atomic E-state index is -3.38. The van der Waals surface area contributed by atoms with Crippen LogP contribution in [0.4, 0.5) is 10.1 Å². The molecule has 0 amide bonds.